The molecule has 10 nitrogen and oxygen atoms in total. The number of carbonyl (C=O) groups excluding carboxylic acids is 1. The smallest absolute Gasteiger partial charge is 0.276 e. The Morgan fingerprint density at radius 1 is 1.03 bits per heavy atom. The van der Waals surface area contributed by atoms with Crippen molar-refractivity contribution in [2.45, 2.75) is 13.8 Å². The first kappa shape index (κ1) is 25.4. The van der Waals surface area contributed by atoms with Gasteiger partial charge in [-0.15, -0.1) is 0 Å². The SMILES string of the molecule is Cc1c(C)n(C)c2ccc(N(C)C(=O)c3cc(OCCN4CCOCC4)nc(N4CCOCC4)n3)cc12. The van der Waals surface area contributed by atoms with E-state index in [-0.39, 0.29) is 5.91 Å². The monoisotopic (exact) mass is 508 g/mol. The van der Waals surface area contributed by atoms with Crippen molar-refractivity contribution in [2.24, 2.45) is 7.05 Å². The van der Waals surface area contributed by atoms with Gasteiger partial charge in [0.2, 0.25) is 11.8 Å². The molecule has 0 spiro atoms. The molecule has 1 aromatic carbocycles. The van der Waals surface area contributed by atoms with E-state index in [1.807, 2.05) is 11.0 Å². The van der Waals surface area contributed by atoms with Crippen molar-refractivity contribution in [1.29, 1.82) is 0 Å². The van der Waals surface area contributed by atoms with Gasteiger partial charge in [-0.05, 0) is 37.6 Å². The molecule has 37 heavy (non-hydrogen) atoms. The molecule has 2 saturated heterocycles. The number of aromatic nitrogens is 3. The van der Waals surface area contributed by atoms with Gasteiger partial charge in [0.05, 0.1) is 26.4 Å². The van der Waals surface area contributed by atoms with Crippen LogP contribution in [0.5, 0.6) is 5.88 Å². The standard InChI is InChI=1S/C27H36N6O4/c1-19-20(2)30(3)24-6-5-21(17-22(19)24)31(4)26(34)23-18-25(37-16-9-32-7-12-35-13-8-32)29-27(28-23)33-10-14-36-15-11-33/h5-6,17-18H,7-16H2,1-4H3. The third-order valence-corrected chi connectivity index (χ3v) is 7.45. The van der Waals surface area contributed by atoms with E-state index in [4.69, 9.17) is 14.2 Å². The third-order valence-electron chi connectivity index (χ3n) is 7.45. The number of nitrogens with zero attached hydrogens (tertiary/aromatic N) is 6. The van der Waals surface area contributed by atoms with E-state index in [1.54, 1.807) is 18.0 Å². The van der Waals surface area contributed by atoms with Crippen LogP contribution in [0.15, 0.2) is 24.3 Å². The highest BCUT2D eigenvalue weighted by Gasteiger charge is 2.22. The maximum Gasteiger partial charge on any atom is 0.276 e. The van der Waals surface area contributed by atoms with Crippen LogP contribution >= 0.6 is 0 Å². The zero-order chi connectivity index (χ0) is 25.9. The Kier molecular flexibility index (Phi) is 7.59. The largest absolute Gasteiger partial charge is 0.476 e. The Balaban J connectivity index is 1.39. The molecule has 0 atom stereocenters. The molecule has 0 unspecified atom stereocenters. The topological polar surface area (TPSA) is 85.2 Å². The minimum atomic E-state index is -0.209. The molecule has 0 N–H and O–H groups in total. The molecule has 0 bridgehead atoms. The number of anilines is 2. The molecular formula is C27H36N6O4. The van der Waals surface area contributed by atoms with E-state index in [9.17, 15) is 4.79 Å². The van der Waals surface area contributed by atoms with Crippen molar-refractivity contribution in [3.63, 3.8) is 0 Å². The first-order valence-electron chi connectivity index (χ1n) is 12.9. The van der Waals surface area contributed by atoms with Gasteiger partial charge in [-0.1, -0.05) is 0 Å². The van der Waals surface area contributed by atoms with Crippen molar-refractivity contribution in [1.82, 2.24) is 19.4 Å². The highest BCUT2D eigenvalue weighted by atomic mass is 16.5. The number of fused-ring (bicyclic) bond motifs is 1. The van der Waals surface area contributed by atoms with Gasteiger partial charge < -0.3 is 28.6 Å². The maximum absolute atomic E-state index is 13.7. The highest BCUT2D eigenvalue weighted by molar-refractivity contribution is 6.06. The first-order chi connectivity index (χ1) is 17.9. The van der Waals surface area contributed by atoms with E-state index >= 15 is 0 Å². The van der Waals surface area contributed by atoms with Crippen molar-refractivity contribution in [3.05, 3.63) is 41.2 Å². The lowest BCUT2D eigenvalue weighted by Gasteiger charge is -2.28. The zero-order valence-corrected chi connectivity index (χ0v) is 22.2. The number of rotatable bonds is 7. The molecule has 4 heterocycles. The van der Waals surface area contributed by atoms with Crippen molar-refractivity contribution in [2.75, 3.05) is 82.6 Å². The number of morpholine rings is 2. The molecule has 1 amide bonds. The van der Waals surface area contributed by atoms with Crippen LogP contribution in [0.25, 0.3) is 10.9 Å². The lowest BCUT2D eigenvalue weighted by molar-refractivity contribution is 0.0320. The summed E-state index contributed by atoms with van der Waals surface area (Å²) in [5.74, 6) is 0.694. The third kappa shape index (κ3) is 5.41. The molecule has 2 aliphatic rings. The van der Waals surface area contributed by atoms with E-state index < -0.39 is 0 Å². The molecule has 0 aliphatic carbocycles. The van der Waals surface area contributed by atoms with Crippen LogP contribution in [0.1, 0.15) is 21.7 Å². The molecule has 5 rings (SSSR count). The fourth-order valence-electron chi connectivity index (χ4n) is 4.85. The van der Waals surface area contributed by atoms with Gasteiger partial charge in [-0.3, -0.25) is 9.69 Å². The molecule has 2 aromatic heterocycles. The molecular weight excluding hydrogens is 472 g/mol. The average Bonchev–Trinajstić information content (AvgIpc) is 3.16. The first-order valence-corrected chi connectivity index (χ1v) is 12.9. The minimum Gasteiger partial charge on any atom is -0.476 e. The molecule has 2 aliphatic heterocycles. The molecule has 3 aromatic rings. The summed E-state index contributed by atoms with van der Waals surface area (Å²) < 4.78 is 19.1. The zero-order valence-electron chi connectivity index (χ0n) is 22.2. The van der Waals surface area contributed by atoms with Gasteiger partial charge in [-0.2, -0.15) is 4.98 Å². The maximum atomic E-state index is 13.7. The Bertz CT molecular complexity index is 1260. The van der Waals surface area contributed by atoms with Crippen LogP contribution in [0.2, 0.25) is 0 Å². The van der Waals surface area contributed by atoms with Crippen LogP contribution in [-0.2, 0) is 16.5 Å². The van der Waals surface area contributed by atoms with E-state index in [2.05, 4.69) is 52.5 Å². The summed E-state index contributed by atoms with van der Waals surface area (Å²) in [5, 5.41) is 1.14. The van der Waals surface area contributed by atoms with Gasteiger partial charge in [0.1, 0.15) is 12.3 Å². The molecule has 10 heteroatoms. The highest BCUT2D eigenvalue weighted by Crippen LogP contribution is 2.29. The lowest BCUT2D eigenvalue weighted by atomic mass is 10.1. The van der Waals surface area contributed by atoms with E-state index in [0.717, 1.165) is 49.4 Å². The summed E-state index contributed by atoms with van der Waals surface area (Å²) in [6.07, 6.45) is 0. The van der Waals surface area contributed by atoms with E-state index in [1.165, 1.54) is 11.3 Å². The fraction of sp³-hybridized carbons (Fsp3) is 0.519. The number of benzene rings is 1. The summed E-state index contributed by atoms with van der Waals surface area (Å²) in [4.78, 5) is 28.9. The minimum absolute atomic E-state index is 0.209. The van der Waals surface area contributed by atoms with Crippen LogP contribution in [0.3, 0.4) is 0 Å². The Morgan fingerprint density at radius 2 is 1.73 bits per heavy atom. The van der Waals surface area contributed by atoms with Crippen molar-refractivity contribution >= 4 is 28.4 Å². The normalized spacial score (nSPS) is 16.8. The fourth-order valence-corrected chi connectivity index (χ4v) is 4.85. The summed E-state index contributed by atoms with van der Waals surface area (Å²) in [6.45, 7) is 11.3. The van der Waals surface area contributed by atoms with Crippen LogP contribution in [-0.4, -0.2) is 98.1 Å². The van der Waals surface area contributed by atoms with Crippen LogP contribution < -0.4 is 14.5 Å². The number of aryl methyl sites for hydroxylation is 2. The summed E-state index contributed by atoms with van der Waals surface area (Å²) in [6, 6.07) is 7.76. The van der Waals surface area contributed by atoms with Crippen LogP contribution in [0, 0.1) is 13.8 Å². The van der Waals surface area contributed by atoms with Gasteiger partial charge in [0.15, 0.2) is 0 Å². The summed E-state index contributed by atoms with van der Waals surface area (Å²) >= 11 is 0. The molecule has 2 fully saturated rings. The Labute approximate surface area is 217 Å². The second-order valence-electron chi connectivity index (χ2n) is 9.63. The second-order valence-corrected chi connectivity index (χ2v) is 9.63. The number of amides is 1. The Morgan fingerprint density at radius 3 is 2.46 bits per heavy atom. The molecule has 0 radical (unpaired) electrons. The van der Waals surface area contributed by atoms with Gasteiger partial charge in [-0.25, -0.2) is 4.98 Å². The number of hydrogen-bond acceptors (Lipinski definition) is 8. The van der Waals surface area contributed by atoms with Gasteiger partial charge >= 0.3 is 0 Å². The summed E-state index contributed by atoms with van der Waals surface area (Å²) in [7, 11) is 3.85. The average molecular weight is 509 g/mol. The van der Waals surface area contributed by atoms with Crippen molar-refractivity contribution in [3.8, 4) is 5.88 Å². The molecule has 0 saturated carbocycles. The van der Waals surface area contributed by atoms with E-state index in [0.29, 0.717) is 50.4 Å². The number of hydrogen-bond donors (Lipinski definition) is 0. The number of ether oxygens (including phenoxy) is 3. The van der Waals surface area contributed by atoms with Gasteiger partial charge in [0, 0.05) is 75.2 Å². The number of carbonyl (C=O) groups is 1. The predicted octanol–water partition coefficient (Wildman–Crippen LogP) is 2.41. The quantitative estimate of drug-likeness (QED) is 0.481. The predicted molar refractivity (Wildman–Crippen MR) is 143 cm³/mol. The lowest BCUT2D eigenvalue weighted by Crippen LogP contribution is -2.39. The van der Waals surface area contributed by atoms with Gasteiger partial charge in [0.25, 0.3) is 5.91 Å². The van der Waals surface area contributed by atoms with Crippen molar-refractivity contribution < 1.29 is 19.0 Å². The van der Waals surface area contributed by atoms with Crippen LogP contribution in [0.4, 0.5) is 11.6 Å². The molecule has 198 valence electrons. The second kappa shape index (κ2) is 11.0. The Hall–Kier alpha value is -3.21. The summed E-state index contributed by atoms with van der Waals surface area (Å²) in [5.41, 5.74) is 4.69.